The molecule has 1 rings (SSSR count). The summed E-state index contributed by atoms with van der Waals surface area (Å²) in [5, 5.41) is 2.49. The lowest BCUT2D eigenvalue weighted by molar-refractivity contribution is -0.104. The van der Waals surface area contributed by atoms with Crippen molar-refractivity contribution in [3.8, 4) is 0 Å². The zero-order valence-electron chi connectivity index (χ0n) is 11.1. The number of aldehydes is 1. The van der Waals surface area contributed by atoms with Crippen LogP contribution in [0.25, 0.3) is 6.08 Å². The van der Waals surface area contributed by atoms with Gasteiger partial charge >= 0.3 is 6.09 Å². The van der Waals surface area contributed by atoms with E-state index in [-0.39, 0.29) is 5.56 Å². The molecule has 102 valence electrons. The first-order valence-electron chi connectivity index (χ1n) is 5.73. The van der Waals surface area contributed by atoms with E-state index >= 15 is 0 Å². The maximum absolute atomic E-state index is 13.4. The second-order valence-electron chi connectivity index (χ2n) is 4.86. The molecule has 1 aromatic rings. The Balaban J connectivity index is 2.82. The number of benzene rings is 1. The molecule has 0 atom stereocenters. The van der Waals surface area contributed by atoms with Crippen LogP contribution in [0.1, 0.15) is 26.3 Å². The largest absolute Gasteiger partial charge is 0.444 e. The monoisotopic (exact) mass is 265 g/mol. The Kier molecular flexibility index (Phi) is 4.80. The summed E-state index contributed by atoms with van der Waals surface area (Å²) in [4.78, 5) is 21.7. The minimum atomic E-state index is -0.621. The second-order valence-corrected chi connectivity index (χ2v) is 4.86. The Hall–Kier alpha value is -2.17. The van der Waals surface area contributed by atoms with Crippen molar-refractivity contribution in [2.45, 2.75) is 26.4 Å². The Bertz CT molecular complexity index is 504. The first-order chi connectivity index (χ1) is 8.81. The van der Waals surface area contributed by atoms with Crippen molar-refractivity contribution in [2.75, 3.05) is 5.32 Å². The number of nitrogens with one attached hydrogen (secondary N) is 1. The van der Waals surface area contributed by atoms with Crippen LogP contribution in [0.3, 0.4) is 0 Å². The molecule has 1 aromatic carbocycles. The van der Waals surface area contributed by atoms with E-state index < -0.39 is 17.5 Å². The number of carbonyl (C=O) groups is 2. The highest BCUT2D eigenvalue weighted by Crippen LogP contribution is 2.17. The zero-order chi connectivity index (χ0) is 14.5. The van der Waals surface area contributed by atoms with Crippen LogP contribution in [0.15, 0.2) is 24.3 Å². The van der Waals surface area contributed by atoms with E-state index in [0.29, 0.717) is 12.0 Å². The van der Waals surface area contributed by atoms with Crippen molar-refractivity contribution in [2.24, 2.45) is 0 Å². The lowest BCUT2D eigenvalue weighted by Gasteiger charge is -2.19. The van der Waals surface area contributed by atoms with E-state index in [1.165, 1.54) is 30.4 Å². The van der Waals surface area contributed by atoms with Gasteiger partial charge in [-0.25, -0.2) is 9.18 Å². The van der Waals surface area contributed by atoms with E-state index in [9.17, 15) is 14.0 Å². The molecule has 0 saturated carbocycles. The molecule has 0 aliphatic rings. The number of hydrogen-bond acceptors (Lipinski definition) is 3. The summed E-state index contributed by atoms with van der Waals surface area (Å²) in [6, 6.07) is 4.04. The van der Waals surface area contributed by atoms with E-state index in [1.54, 1.807) is 20.8 Å². The van der Waals surface area contributed by atoms with Crippen molar-refractivity contribution in [3.63, 3.8) is 0 Å². The molecule has 0 fully saturated rings. The minimum absolute atomic E-state index is 0.209. The van der Waals surface area contributed by atoms with Gasteiger partial charge in [0.15, 0.2) is 0 Å². The van der Waals surface area contributed by atoms with E-state index in [4.69, 9.17) is 4.74 Å². The molecule has 1 N–H and O–H groups in total. The molecular formula is C14H16FNO3. The third-order valence-corrected chi connectivity index (χ3v) is 2.00. The number of halogens is 1. The SMILES string of the molecule is CC(C)(C)OC(=O)Nc1ccc(F)c(/C=C/C=O)c1. The van der Waals surface area contributed by atoms with Crippen molar-refractivity contribution in [1.29, 1.82) is 0 Å². The summed E-state index contributed by atoms with van der Waals surface area (Å²) in [6.07, 6.45) is 2.43. The molecule has 5 heteroatoms. The van der Waals surface area contributed by atoms with Gasteiger partial charge in [-0.3, -0.25) is 10.1 Å². The topological polar surface area (TPSA) is 55.4 Å². The van der Waals surface area contributed by atoms with Crippen LogP contribution in [-0.4, -0.2) is 18.0 Å². The van der Waals surface area contributed by atoms with Gasteiger partial charge in [-0.15, -0.1) is 0 Å². The summed E-state index contributed by atoms with van der Waals surface area (Å²) in [5.74, 6) is -0.479. The number of amides is 1. The van der Waals surface area contributed by atoms with Crippen molar-refractivity contribution in [1.82, 2.24) is 0 Å². The number of carbonyl (C=O) groups excluding carboxylic acids is 2. The highest BCUT2D eigenvalue weighted by molar-refractivity contribution is 5.85. The second kappa shape index (κ2) is 6.13. The summed E-state index contributed by atoms with van der Waals surface area (Å²) in [5.41, 5.74) is -0.00784. The van der Waals surface area contributed by atoms with Crippen molar-refractivity contribution >= 4 is 24.1 Å². The Labute approximate surface area is 111 Å². The van der Waals surface area contributed by atoms with Crippen LogP contribution < -0.4 is 5.32 Å². The summed E-state index contributed by atoms with van der Waals surface area (Å²) in [6.45, 7) is 5.24. The first-order valence-corrected chi connectivity index (χ1v) is 5.73. The average molecular weight is 265 g/mol. The zero-order valence-corrected chi connectivity index (χ0v) is 11.1. The molecule has 0 aliphatic carbocycles. The van der Waals surface area contributed by atoms with Gasteiger partial charge in [0.2, 0.25) is 0 Å². The highest BCUT2D eigenvalue weighted by atomic mass is 19.1. The molecule has 0 radical (unpaired) electrons. The Morgan fingerprint density at radius 1 is 1.37 bits per heavy atom. The highest BCUT2D eigenvalue weighted by Gasteiger charge is 2.16. The molecule has 4 nitrogen and oxygen atoms in total. The number of allylic oxidation sites excluding steroid dienone is 1. The van der Waals surface area contributed by atoms with Crippen LogP contribution in [0.2, 0.25) is 0 Å². The van der Waals surface area contributed by atoms with Crippen LogP contribution in [0, 0.1) is 5.82 Å². The van der Waals surface area contributed by atoms with E-state index in [2.05, 4.69) is 5.32 Å². The fourth-order valence-electron chi connectivity index (χ4n) is 1.31. The lowest BCUT2D eigenvalue weighted by Crippen LogP contribution is -2.27. The number of anilines is 1. The van der Waals surface area contributed by atoms with E-state index in [0.717, 1.165) is 0 Å². The number of rotatable bonds is 3. The quantitative estimate of drug-likeness (QED) is 0.673. The van der Waals surface area contributed by atoms with Gasteiger partial charge in [0.1, 0.15) is 17.7 Å². The standard InChI is InChI=1S/C14H16FNO3/c1-14(2,3)19-13(18)16-11-6-7-12(15)10(9-11)5-4-8-17/h4-9H,1-3H3,(H,16,18)/b5-4+. The normalized spacial score (nSPS) is 11.4. The fourth-order valence-corrected chi connectivity index (χ4v) is 1.31. The molecule has 1 amide bonds. The first kappa shape index (κ1) is 14.9. The van der Waals surface area contributed by atoms with Crippen molar-refractivity contribution in [3.05, 3.63) is 35.7 Å². The lowest BCUT2D eigenvalue weighted by atomic mass is 10.1. The fraction of sp³-hybridized carbons (Fsp3) is 0.286. The smallest absolute Gasteiger partial charge is 0.412 e. The number of ether oxygens (including phenoxy) is 1. The van der Waals surface area contributed by atoms with Gasteiger partial charge in [-0.1, -0.05) is 0 Å². The van der Waals surface area contributed by atoms with Gasteiger partial charge in [-0.05, 0) is 51.1 Å². The van der Waals surface area contributed by atoms with Gasteiger partial charge in [0.05, 0.1) is 0 Å². The summed E-state index contributed by atoms with van der Waals surface area (Å²) in [7, 11) is 0. The molecule has 0 unspecified atom stereocenters. The van der Waals surface area contributed by atoms with Crippen LogP contribution in [-0.2, 0) is 9.53 Å². The van der Waals surface area contributed by atoms with Gasteiger partial charge in [0, 0.05) is 11.3 Å². The molecule has 0 spiro atoms. The summed E-state index contributed by atoms with van der Waals surface area (Å²) < 4.78 is 18.5. The maximum Gasteiger partial charge on any atom is 0.412 e. The minimum Gasteiger partial charge on any atom is -0.444 e. The predicted octanol–water partition coefficient (Wildman–Crippen LogP) is 3.38. The molecule has 0 heterocycles. The maximum atomic E-state index is 13.4. The van der Waals surface area contributed by atoms with Gasteiger partial charge < -0.3 is 4.74 Å². The third kappa shape index (κ3) is 5.33. The average Bonchev–Trinajstić information content (AvgIpc) is 2.27. The van der Waals surface area contributed by atoms with Gasteiger partial charge in [0.25, 0.3) is 0 Å². The Morgan fingerprint density at radius 2 is 2.05 bits per heavy atom. The molecular weight excluding hydrogens is 249 g/mol. The Morgan fingerprint density at radius 3 is 2.63 bits per heavy atom. The van der Waals surface area contributed by atoms with Crippen LogP contribution >= 0.6 is 0 Å². The molecule has 0 aromatic heterocycles. The van der Waals surface area contributed by atoms with E-state index in [1.807, 2.05) is 0 Å². The molecule has 0 aliphatic heterocycles. The molecule has 0 bridgehead atoms. The summed E-state index contributed by atoms with van der Waals surface area (Å²) >= 11 is 0. The van der Waals surface area contributed by atoms with Crippen molar-refractivity contribution < 1.29 is 18.7 Å². The molecule has 0 saturated heterocycles. The number of hydrogen-bond donors (Lipinski definition) is 1. The third-order valence-electron chi connectivity index (χ3n) is 2.00. The van der Waals surface area contributed by atoms with Crippen LogP contribution in [0.4, 0.5) is 14.9 Å². The predicted molar refractivity (Wildman–Crippen MR) is 71.4 cm³/mol. The van der Waals surface area contributed by atoms with Gasteiger partial charge in [-0.2, -0.15) is 0 Å². The molecule has 19 heavy (non-hydrogen) atoms. The van der Waals surface area contributed by atoms with Crippen LogP contribution in [0.5, 0.6) is 0 Å².